The maximum atomic E-state index is 11.4. The van der Waals surface area contributed by atoms with Crippen molar-refractivity contribution < 1.29 is 4.79 Å². The van der Waals surface area contributed by atoms with Crippen LogP contribution in [0.25, 0.3) is 0 Å². The summed E-state index contributed by atoms with van der Waals surface area (Å²) < 4.78 is 0.618. The fourth-order valence-corrected chi connectivity index (χ4v) is 1.81. The average Bonchev–Trinajstić information content (AvgIpc) is 2.59. The van der Waals surface area contributed by atoms with Crippen LogP contribution in [-0.2, 0) is 0 Å². The van der Waals surface area contributed by atoms with Gasteiger partial charge in [-0.25, -0.2) is 0 Å². The molecule has 0 aliphatic heterocycles. The Morgan fingerprint density at radius 1 is 1.57 bits per heavy atom. The molecule has 0 radical (unpaired) electrons. The van der Waals surface area contributed by atoms with Crippen LogP contribution in [0.4, 0.5) is 0 Å². The zero-order valence-electron chi connectivity index (χ0n) is 7.50. The Labute approximate surface area is 91.6 Å². The van der Waals surface area contributed by atoms with Gasteiger partial charge in [0.25, 0.3) is 5.91 Å². The van der Waals surface area contributed by atoms with E-state index in [0.717, 1.165) is 0 Å². The molecule has 0 saturated heterocycles. The van der Waals surface area contributed by atoms with Crippen LogP contribution in [0, 0.1) is 0 Å². The number of nitrogens with two attached hydrogens (primary N) is 1. The number of thiophene rings is 1. The highest BCUT2D eigenvalue weighted by molar-refractivity contribution is 7.17. The Morgan fingerprint density at radius 3 is 2.93 bits per heavy atom. The highest BCUT2D eigenvalue weighted by Gasteiger charge is 2.06. The van der Waals surface area contributed by atoms with E-state index in [2.05, 4.69) is 5.32 Å². The lowest BCUT2D eigenvalue weighted by Crippen LogP contribution is -2.22. The van der Waals surface area contributed by atoms with Gasteiger partial charge in [-0.05, 0) is 12.1 Å². The summed E-state index contributed by atoms with van der Waals surface area (Å²) in [5.41, 5.74) is 5.24. The Balaban J connectivity index is 2.39. The van der Waals surface area contributed by atoms with Gasteiger partial charge < -0.3 is 11.1 Å². The van der Waals surface area contributed by atoms with E-state index in [4.69, 9.17) is 17.3 Å². The predicted molar refractivity (Wildman–Crippen MR) is 59.9 cm³/mol. The number of nitrogens with one attached hydrogen (secondary N) is 1. The highest BCUT2D eigenvalue weighted by Crippen LogP contribution is 2.20. The van der Waals surface area contributed by atoms with E-state index in [1.165, 1.54) is 11.3 Å². The van der Waals surface area contributed by atoms with E-state index in [1.807, 2.05) is 6.08 Å². The minimum atomic E-state index is -0.108. The lowest BCUT2D eigenvalue weighted by Gasteiger charge is -1.97. The minimum absolute atomic E-state index is 0.108. The smallest absolute Gasteiger partial charge is 0.261 e. The van der Waals surface area contributed by atoms with Gasteiger partial charge in [-0.3, -0.25) is 4.79 Å². The first kappa shape index (κ1) is 11.2. The molecule has 1 heterocycles. The van der Waals surface area contributed by atoms with Crippen molar-refractivity contribution in [2.45, 2.75) is 0 Å². The number of halogens is 1. The normalized spacial score (nSPS) is 10.7. The second-order valence-corrected chi connectivity index (χ2v) is 4.24. The first-order valence-corrected chi connectivity index (χ1v) is 5.32. The van der Waals surface area contributed by atoms with Gasteiger partial charge in [0.2, 0.25) is 0 Å². The number of carbonyl (C=O) groups is 1. The molecular weight excluding hydrogens is 220 g/mol. The van der Waals surface area contributed by atoms with E-state index >= 15 is 0 Å². The Morgan fingerprint density at radius 2 is 2.36 bits per heavy atom. The molecular formula is C9H11ClN2OS. The van der Waals surface area contributed by atoms with Crippen molar-refractivity contribution in [1.29, 1.82) is 0 Å². The van der Waals surface area contributed by atoms with Gasteiger partial charge in [-0.1, -0.05) is 23.8 Å². The number of hydrogen-bond donors (Lipinski definition) is 2. The molecule has 3 N–H and O–H groups in total. The van der Waals surface area contributed by atoms with Crippen LogP contribution in [0.3, 0.4) is 0 Å². The summed E-state index contributed by atoms with van der Waals surface area (Å²) in [6, 6.07) is 3.41. The highest BCUT2D eigenvalue weighted by atomic mass is 35.5. The molecule has 3 nitrogen and oxygen atoms in total. The monoisotopic (exact) mass is 230 g/mol. The van der Waals surface area contributed by atoms with Crippen LogP contribution < -0.4 is 11.1 Å². The van der Waals surface area contributed by atoms with Gasteiger partial charge >= 0.3 is 0 Å². The first-order chi connectivity index (χ1) is 6.74. The van der Waals surface area contributed by atoms with E-state index in [0.29, 0.717) is 22.3 Å². The number of carbonyl (C=O) groups excluding carboxylic acids is 1. The van der Waals surface area contributed by atoms with Crippen LogP contribution in [0.2, 0.25) is 4.34 Å². The average molecular weight is 231 g/mol. The molecule has 1 amide bonds. The fraction of sp³-hybridized carbons (Fsp3) is 0.222. The molecule has 0 aliphatic carbocycles. The summed E-state index contributed by atoms with van der Waals surface area (Å²) in [5, 5.41) is 2.72. The molecule has 0 bridgehead atoms. The number of rotatable bonds is 4. The van der Waals surface area contributed by atoms with Crippen molar-refractivity contribution in [3.8, 4) is 0 Å². The largest absolute Gasteiger partial charge is 0.348 e. The third kappa shape index (κ3) is 3.49. The van der Waals surface area contributed by atoms with Gasteiger partial charge in [0.15, 0.2) is 0 Å². The van der Waals surface area contributed by atoms with Crippen LogP contribution in [-0.4, -0.2) is 19.0 Å². The van der Waals surface area contributed by atoms with Crippen molar-refractivity contribution in [3.63, 3.8) is 0 Å². The van der Waals surface area contributed by atoms with Crippen LogP contribution in [0.1, 0.15) is 9.67 Å². The molecule has 0 fully saturated rings. The molecule has 0 saturated carbocycles. The second-order valence-electron chi connectivity index (χ2n) is 2.52. The molecule has 1 rings (SSSR count). The van der Waals surface area contributed by atoms with Crippen LogP contribution in [0.15, 0.2) is 24.3 Å². The summed E-state index contributed by atoms with van der Waals surface area (Å²) in [6.07, 6.45) is 3.61. The van der Waals surface area contributed by atoms with Crippen molar-refractivity contribution in [3.05, 3.63) is 33.5 Å². The van der Waals surface area contributed by atoms with Crippen molar-refractivity contribution in [2.75, 3.05) is 13.1 Å². The zero-order chi connectivity index (χ0) is 10.4. The summed E-state index contributed by atoms with van der Waals surface area (Å²) in [4.78, 5) is 12.0. The van der Waals surface area contributed by atoms with E-state index in [-0.39, 0.29) is 5.91 Å². The van der Waals surface area contributed by atoms with Crippen molar-refractivity contribution >= 4 is 28.8 Å². The molecule has 0 spiro atoms. The summed E-state index contributed by atoms with van der Waals surface area (Å²) in [7, 11) is 0. The molecule has 76 valence electrons. The topological polar surface area (TPSA) is 55.1 Å². The Kier molecular flexibility index (Phi) is 4.65. The number of amides is 1. The lowest BCUT2D eigenvalue weighted by molar-refractivity contribution is 0.0962. The SMILES string of the molecule is NC/C=C/CNC(=O)c1ccc(Cl)s1. The van der Waals surface area contributed by atoms with Gasteiger partial charge in [0.05, 0.1) is 9.21 Å². The Bertz CT molecular complexity index is 335. The molecule has 0 atom stereocenters. The van der Waals surface area contributed by atoms with Crippen LogP contribution >= 0.6 is 22.9 Å². The zero-order valence-corrected chi connectivity index (χ0v) is 9.07. The summed E-state index contributed by atoms with van der Waals surface area (Å²) in [5.74, 6) is -0.108. The minimum Gasteiger partial charge on any atom is -0.348 e. The molecule has 1 aromatic rings. The quantitative estimate of drug-likeness (QED) is 0.773. The molecule has 1 aromatic heterocycles. The van der Waals surface area contributed by atoms with Gasteiger partial charge in [-0.15, -0.1) is 11.3 Å². The van der Waals surface area contributed by atoms with E-state index in [1.54, 1.807) is 18.2 Å². The van der Waals surface area contributed by atoms with Crippen LogP contribution in [0.5, 0.6) is 0 Å². The second kappa shape index (κ2) is 5.80. The molecule has 0 aromatic carbocycles. The predicted octanol–water partition coefficient (Wildman–Crippen LogP) is 1.65. The lowest BCUT2D eigenvalue weighted by atomic mass is 10.4. The summed E-state index contributed by atoms with van der Waals surface area (Å²) >= 11 is 6.96. The molecule has 14 heavy (non-hydrogen) atoms. The van der Waals surface area contributed by atoms with Gasteiger partial charge in [-0.2, -0.15) is 0 Å². The third-order valence-corrected chi connectivity index (χ3v) is 2.71. The van der Waals surface area contributed by atoms with Gasteiger partial charge in [0, 0.05) is 13.1 Å². The third-order valence-electron chi connectivity index (χ3n) is 1.48. The molecule has 0 aliphatic rings. The van der Waals surface area contributed by atoms with Gasteiger partial charge in [0.1, 0.15) is 0 Å². The fourth-order valence-electron chi connectivity index (χ4n) is 0.855. The Hall–Kier alpha value is -0.840. The standard InChI is InChI=1S/C9H11ClN2OS/c10-8-4-3-7(14-8)9(13)12-6-2-1-5-11/h1-4H,5-6,11H2,(H,12,13)/b2-1+. The van der Waals surface area contributed by atoms with Crippen molar-refractivity contribution in [2.24, 2.45) is 5.73 Å². The maximum absolute atomic E-state index is 11.4. The summed E-state index contributed by atoms with van der Waals surface area (Å²) in [6.45, 7) is 0.978. The van der Waals surface area contributed by atoms with Crippen molar-refractivity contribution in [1.82, 2.24) is 5.32 Å². The molecule has 5 heteroatoms. The molecule has 0 unspecified atom stereocenters. The number of hydrogen-bond acceptors (Lipinski definition) is 3. The van der Waals surface area contributed by atoms with E-state index in [9.17, 15) is 4.79 Å². The van der Waals surface area contributed by atoms with E-state index < -0.39 is 0 Å². The first-order valence-electron chi connectivity index (χ1n) is 4.12. The maximum Gasteiger partial charge on any atom is 0.261 e.